The molecule has 0 aromatic rings. The molecular formula is C9H20Cl2N2. The molecule has 0 spiro atoms. The van der Waals surface area contributed by atoms with Gasteiger partial charge in [-0.15, -0.1) is 24.8 Å². The zero-order valence-corrected chi connectivity index (χ0v) is 9.71. The molecule has 0 aliphatic carbocycles. The molecule has 0 N–H and O–H groups in total. The van der Waals surface area contributed by atoms with Crippen molar-refractivity contribution >= 4 is 24.8 Å². The van der Waals surface area contributed by atoms with Crippen LogP contribution in [0, 0.1) is 0 Å². The number of hydrogen-bond acceptors (Lipinski definition) is 2. The Balaban J connectivity index is 0.000000720. The standard InChI is InChI=1S/C9H18N2.2ClH/c1-2-6-10(7-3-1)11-8-4-5-9-11;;/h1-9H2;2*1H. The van der Waals surface area contributed by atoms with E-state index < -0.39 is 0 Å². The van der Waals surface area contributed by atoms with Crippen molar-refractivity contribution in [3.8, 4) is 0 Å². The molecule has 0 unspecified atom stereocenters. The largest absolute Gasteiger partial charge is 0.242 e. The van der Waals surface area contributed by atoms with Crippen LogP contribution in [0.5, 0.6) is 0 Å². The molecule has 2 saturated heterocycles. The fourth-order valence-electron chi connectivity index (χ4n) is 2.14. The maximum Gasteiger partial charge on any atom is 0.0133 e. The van der Waals surface area contributed by atoms with Crippen molar-refractivity contribution < 1.29 is 0 Å². The van der Waals surface area contributed by atoms with E-state index in [0.717, 1.165) is 0 Å². The molecule has 0 bridgehead atoms. The van der Waals surface area contributed by atoms with Gasteiger partial charge in [-0.1, -0.05) is 6.42 Å². The molecule has 2 heterocycles. The number of hydrogen-bond donors (Lipinski definition) is 0. The molecule has 0 amide bonds. The fraction of sp³-hybridized carbons (Fsp3) is 1.00. The van der Waals surface area contributed by atoms with Gasteiger partial charge in [0.15, 0.2) is 0 Å². The Kier molecular flexibility index (Phi) is 7.15. The summed E-state index contributed by atoms with van der Waals surface area (Å²) in [4.78, 5) is 0. The highest BCUT2D eigenvalue weighted by atomic mass is 35.5. The maximum atomic E-state index is 2.57. The first-order chi connectivity index (χ1) is 5.47. The summed E-state index contributed by atoms with van der Waals surface area (Å²) in [5, 5.41) is 5.12. The average Bonchev–Trinajstić information content (AvgIpc) is 2.58. The van der Waals surface area contributed by atoms with Gasteiger partial charge in [-0.2, -0.15) is 0 Å². The van der Waals surface area contributed by atoms with E-state index in [0.29, 0.717) is 0 Å². The third-order valence-corrected chi connectivity index (χ3v) is 2.81. The van der Waals surface area contributed by atoms with Crippen LogP contribution in [0.15, 0.2) is 0 Å². The molecule has 2 aliphatic heterocycles. The van der Waals surface area contributed by atoms with E-state index in [1.54, 1.807) is 0 Å². The molecule has 2 aliphatic rings. The van der Waals surface area contributed by atoms with E-state index in [1.807, 2.05) is 0 Å². The van der Waals surface area contributed by atoms with Crippen LogP contribution in [0.1, 0.15) is 32.1 Å². The van der Waals surface area contributed by atoms with Crippen molar-refractivity contribution in [1.29, 1.82) is 0 Å². The van der Waals surface area contributed by atoms with Crippen LogP contribution in [-0.2, 0) is 0 Å². The van der Waals surface area contributed by atoms with Gasteiger partial charge in [0.05, 0.1) is 0 Å². The number of rotatable bonds is 1. The highest BCUT2D eigenvalue weighted by Crippen LogP contribution is 2.16. The van der Waals surface area contributed by atoms with Gasteiger partial charge in [0.1, 0.15) is 0 Å². The lowest BCUT2D eigenvalue weighted by atomic mass is 10.2. The van der Waals surface area contributed by atoms with Gasteiger partial charge in [-0.05, 0) is 25.7 Å². The SMILES string of the molecule is C1CCN(N2CCCC2)CC1.Cl.Cl. The molecule has 80 valence electrons. The smallest absolute Gasteiger partial charge is 0.0133 e. The second-order valence-electron chi connectivity index (χ2n) is 3.68. The van der Waals surface area contributed by atoms with E-state index in [1.165, 1.54) is 58.3 Å². The molecule has 13 heavy (non-hydrogen) atoms. The van der Waals surface area contributed by atoms with E-state index >= 15 is 0 Å². The molecule has 0 aromatic carbocycles. The Labute approximate surface area is 93.4 Å². The number of nitrogens with zero attached hydrogens (tertiary/aromatic N) is 2. The van der Waals surface area contributed by atoms with Crippen molar-refractivity contribution in [3.05, 3.63) is 0 Å². The molecule has 2 rings (SSSR count). The lowest BCUT2D eigenvalue weighted by Crippen LogP contribution is -2.43. The molecule has 0 atom stereocenters. The Hall–Kier alpha value is 0.500. The van der Waals surface area contributed by atoms with Crippen LogP contribution in [0.3, 0.4) is 0 Å². The molecule has 0 aromatic heterocycles. The normalized spacial score (nSPS) is 24.9. The Morgan fingerprint density at radius 3 is 1.15 bits per heavy atom. The Morgan fingerprint density at radius 2 is 0.769 bits per heavy atom. The second kappa shape index (κ2) is 6.88. The van der Waals surface area contributed by atoms with Crippen LogP contribution in [0.25, 0.3) is 0 Å². The minimum atomic E-state index is 0. The molecule has 0 radical (unpaired) electrons. The van der Waals surface area contributed by atoms with Gasteiger partial charge in [0.25, 0.3) is 0 Å². The highest BCUT2D eigenvalue weighted by Gasteiger charge is 2.20. The monoisotopic (exact) mass is 226 g/mol. The minimum Gasteiger partial charge on any atom is -0.242 e. The van der Waals surface area contributed by atoms with Crippen LogP contribution >= 0.6 is 24.8 Å². The molecular weight excluding hydrogens is 207 g/mol. The molecule has 2 nitrogen and oxygen atoms in total. The summed E-state index contributed by atoms with van der Waals surface area (Å²) in [5.74, 6) is 0. The van der Waals surface area contributed by atoms with Crippen molar-refractivity contribution in [2.75, 3.05) is 26.2 Å². The van der Waals surface area contributed by atoms with Crippen LogP contribution < -0.4 is 0 Å². The first-order valence-electron chi connectivity index (χ1n) is 4.96. The van der Waals surface area contributed by atoms with Crippen LogP contribution in [-0.4, -0.2) is 36.2 Å². The van der Waals surface area contributed by atoms with Crippen LogP contribution in [0.4, 0.5) is 0 Å². The summed E-state index contributed by atoms with van der Waals surface area (Å²) >= 11 is 0. The predicted molar refractivity (Wildman–Crippen MR) is 60.7 cm³/mol. The first kappa shape index (κ1) is 13.5. The summed E-state index contributed by atoms with van der Waals surface area (Å²) in [7, 11) is 0. The van der Waals surface area contributed by atoms with E-state index in [9.17, 15) is 0 Å². The van der Waals surface area contributed by atoms with E-state index in [2.05, 4.69) is 10.0 Å². The summed E-state index contributed by atoms with van der Waals surface area (Å²) in [6, 6.07) is 0. The van der Waals surface area contributed by atoms with Gasteiger partial charge in [0, 0.05) is 26.2 Å². The maximum absolute atomic E-state index is 2.57. The zero-order valence-electron chi connectivity index (χ0n) is 8.07. The minimum absolute atomic E-state index is 0. The Bertz CT molecular complexity index is 121. The summed E-state index contributed by atoms with van der Waals surface area (Å²) < 4.78 is 0. The second-order valence-corrected chi connectivity index (χ2v) is 3.68. The first-order valence-corrected chi connectivity index (χ1v) is 4.96. The van der Waals surface area contributed by atoms with Gasteiger partial charge < -0.3 is 0 Å². The van der Waals surface area contributed by atoms with E-state index in [4.69, 9.17) is 0 Å². The Morgan fingerprint density at radius 1 is 0.462 bits per heavy atom. The summed E-state index contributed by atoms with van der Waals surface area (Å²) in [6.45, 7) is 5.28. The third kappa shape index (κ3) is 3.62. The number of hydrazine groups is 1. The van der Waals surface area contributed by atoms with Gasteiger partial charge in [0.2, 0.25) is 0 Å². The average molecular weight is 227 g/mol. The number of halogens is 2. The number of piperidine rings is 1. The molecule has 0 saturated carbocycles. The van der Waals surface area contributed by atoms with E-state index in [-0.39, 0.29) is 24.8 Å². The topological polar surface area (TPSA) is 6.48 Å². The lowest BCUT2D eigenvalue weighted by Gasteiger charge is -2.34. The van der Waals surface area contributed by atoms with Crippen LogP contribution in [0.2, 0.25) is 0 Å². The highest BCUT2D eigenvalue weighted by molar-refractivity contribution is 5.85. The zero-order chi connectivity index (χ0) is 7.52. The fourth-order valence-corrected chi connectivity index (χ4v) is 2.14. The molecule has 4 heteroatoms. The summed E-state index contributed by atoms with van der Waals surface area (Å²) in [6.07, 6.45) is 7.10. The van der Waals surface area contributed by atoms with Gasteiger partial charge in [-0.3, -0.25) is 0 Å². The predicted octanol–water partition coefficient (Wildman–Crippen LogP) is 2.33. The lowest BCUT2D eigenvalue weighted by molar-refractivity contribution is -0.0187. The summed E-state index contributed by atoms with van der Waals surface area (Å²) in [5.41, 5.74) is 0. The van der Waals surface area contributed by atoms with Crippen molar-refractivity contribution in [3.63, 3.8) is 0 Å². The third-order valence-electron chi connectivity index (χ3n) is 2.81. The van der Waals surface area contributed by atoms with Crippen molar-refractivity contribution in [2.45, 2.75) is 32.1 Å². The van der Waals surface area contributed by atoms with Gasteiger partial charge in [-0.25, -0.2) is 10.0 Å². The van der Waals surface area contributed by atoms with Gasteiger partial charge >= 0.3 is 0 Å². The van der Waals surface area contributed by atoms with Crippen molar-refractivity contribution in [2.24, 2.45) is 0 Å². The quantitative estimate of drug-likeness (QED) is 0.678. The molecule has 2 fully saturated rings. The van der Waals surface area contributed by atoms with Crippen molar-refractivity contribution in [1.82, 2.24) is 10.0 Å².